The Hall–Kier alpha value is -3.41. The fraction of sp³-hybridized carbons (Fsp3) is 0.154. The number of aromatic amines is 1. The molecule has 9 heteroatoms. The van der Waals surface area contributed by atoms with Crippen LogP contribution in [0.1, 0.15) is 21.7 Å². The van der Waals surface area contributed by atoms with Gasteiger partial charge in [-0.05, 0) is 25.1 Å². The van der Waals surface area contributed by atoms with Crippen LogP contribution in [0.4, 0.5) is 17.1 Å². The topological polar surface area (TPSA) is 137 Å². The fourth-order valence-corrected chi connectivity index (χ4v) is 1.92. The van der Waals surface area contributed by atoms with Gasteiger partial charge in [-0.3, -0.25) is 20.0 Å². The molecule has 0 unspecified atom stereocenters. The van der Waals surface area contributed by atoms with E-state index in [4.69, 9.17) is 5.26 Å². The molecule has 1 aromatic carbocycles. The summed E-state index contributed by atoms with van der Waals surface area (Å²) in [5.74, 6) is -0.734. The molecule has 1 amide bonds. The van der Waals surface area contributed by atoms with Gasteiger partial charge in [0, 0.05) is 7.05 Å². The van der Waals surface area contributed by atoms with Gasteiger partial charge in [0.2, 0.25) is 5.69 Å². The molecule has 0 radical (unpaired) electrons. The molecule has 0 fully saturated rings. The molecular formula is C13H12N6O3. The summed E-state index contributed by atoms with van der Waals surface area (Å²) in [6, 6.07) is 6.63. The standard InChI is InChI=1S/C13H12N6O3/c1-7-12(19(21)22)11(18-17-7)13(20)16-10-5-8(6-14)3-4-9(10)15-2/h3-5,15H,1-2H3,(H,16,20)(H,17,18). The van der Waals surface area contributed by atoms with Crippen molar-refractivity contribution in [2.24, 2.45) is 0 Å². The molecule has 0 atom stereocenters. The van der Waals surface area contributed by atoms with Crippen LogP contribution in [0.15, 0.2) is 18.2 Å². The minimum absolute atomic E-state index is 0.190. The van der Waals surface area contributed by atoms with Crippen molar-refractivity contribution in [3.05, 3.63) is 45.3 Å². The molecule has 0 saturated heterocycles. The molecule has 0 spiro atoms. The van der Waals surface area contributed by atoms with Crippen LogP contribution in [0.3, 0.4) is 0 Å². The Morgan fingerprint density at radius 1 is 1.45 bits per heavy atom. The van der Waals surface area contributed by atoms with Crippen molar-refractivity contribution in [2.75, 3.05) is 17.7 Å². The first-order chi connectivity index (χ1) is 10.5. The van der Waals surface area contributed by atoms with E-state index < -0.39 is 10.8 Å². The molecule has 9 nitrogen and oxygen atoms in total. The summed E-state index contributed by atoms with van der Waals surface area (Å²) in [6.45, 7) is 1.46. The average molecular weight is 300 g/mol. The number of hydrogen-bond donors (Lipinski definition) is 3. The molecule has 0 saturated carbocycles. The smallest absolute Gasteiger partial charge is 0.322 e. The molecule has 2 aromatic rings. The number of carbonyl (C=O) groups excluding carboxylic acids is 1. The summed E-state index contributed by atoms with van der Waals surface area (Å²) in [5.41, 5.74) is 0.757. The third-order valence-electron chi connectivity index (χ3n) is 2.98. The zero-order valence-corrected chi connectivity index (χ0v) is 11.8. The normalized spacial score (nSPS) is 9.86. The lowest BCUT2D eigenvalue weighted by atomic mass is 10.1. The summed E-state index contributed by atoms with van der Waals surface area (Å²) in [4.78, 5) is 22.5. The van der Waals surface area contributed by atoms with Gasteiger partial charge in [-0.25, -0.2) is 0 Å². The van der Waals surface area contributed by atoms with Gasteiger partial charge in [-0.15, -0.1) is 0 Å². The number of aromatic nitrogens is 2. The largest absolute Gasteiger partial charge is 0.386 e. The first kappa shape index (κ1) is 15.0. The van der Waals surface area contributed by atoms with Gasteiger partial charge < -0.3 is 10.6 Å². The second kappa shape index (κ2) is 5.92. The van der Waals surface area contributed by atoms with Crippen molar-refractivity contribution in [2.45, 2.75) is 6.92 Å². The highest BCUT2D eigenvalue weighted by atomic mass is 16.6. The van der Waals surface area contributed by atoms with Gasteiger partial charge in [0.1, 0.15) is 5.69 Å². The van der Waals surface area contributed by atoms with Crippen molar-refractivity contribution < 1.29 is 9.72 Å². The Morgan fingerprint density at radius 2 is 2.18 bits per heavy atom. The van der Waals surface area contributed by atoms with Crippen molar-refractivity contribution >= 4 is 23.0 Å². The van der Waals surface area contributed by atoms with Gasteiger partial charge in [0.15, 0.2) is 0 Å². The number of H-pyrrole nitrogens is 1. The van der Waals surface area contributed by atoms with Crippen LogP contribution < -0.4 is 10.6 Å². The Bertz CT molecular complexity index is 790. The van der Waals surface area contributed by atoms with Crippen molar-refractivity contribution in [3.63, 3.8) is 0 Å². The van der Waals surface area contributed by atoms with Gasteiger partial charge >= 0.3 is 5.69 Å². The number of rotatable bonds is 4. The van der Waals surface area contributed by atoms with Crippen molar-refractivity contribution in [3.8, 4) is 6.07 Å². The van der Waals surface area contributed by atoms with Crippen molar-refractivity contribution in [1.82, 2.24) is 10.2 Å². The lowest BCUT2D eigenvalue weighted by Crippen LogP contribution is -2.15. The SMILES string of the molecule is CNc1ccc(C#N)cc1NC(=O)c1n[nH]c(C)c1[N+](=O)[O-]. The second-order valence-corrected chi connectivity index (χ2v) is 4.38. The number of nitrogens with zero attached hydrogens (tertiary/aromatic N) is 3. The van der Waals surface area contributed by atoms with Crippen LogP contribution in [-0.2, 0) is 0 Å². The number of carbonyl (C=O) groups is 1. The molecule has 0 aliphatic carbocycles. The monoisotopic (exact) mass is 300 g/mol. The third-order valence-corrected chi connectivity index (χ3v) is 2.98. The molecule has 0 aliphatic heterocycles. The van der Waals surface area contributed by atoms with Gasteiger partial charge in [-0.1, -0.05) is 0 Å². The molecule has 3 N–H and O–H groups in total. The summed E-state index contributed by atoms with van der Waals surface area (Å²) in [5, 5.41) is 31.4. The van der Waals surface area contributed by atoms with E-state index in [1.165, 1.54) is 13.0 Å². The maximum absolute atomic E-state index is 12.2. The minimum atomic E-state index is -0.734. The Morgan fingerprint density at radius 3 is 2.77 bits per heavy atom. The van der Waals surface area contributed by atoms with Gasteiger partial charge in [-0.2, -0.15) is 10.4 Å². The average Bonchev–Trinajstić information content (AvgIpc) is 2.89. The minimum Gasteiger partial charge on any atom is -0.386 e. The van der Waals surface area contributed by atoms with E-state index in [-0.39, 0.29) is 17.1 Å². The number of nitrogens with one attached hydrogen (secondary N) is 3. The Kier molecular flexibility index (Phi) is 4.04. The number of anilines is 2. The highest BCUT2D eigenvalue weighted by Gasteiger charge is 2.27. The van der Waals surface area contributed by atoms with E-state index in [1.807, 2.05) is 6.07 Å². The molecule has 0 aliphatic rings. The maximum atomic E-state index is 12.2. The zero-order chi connectivity index (χ0) is 16.3. The van der Waals surface area contributed by atoms with Crippen LogP contribution in [-0.4, -0.2) is 28.1 Å². The number of amides is 1. The summed E-state index contributed by atoms with van der Waals surface area (Å²) >= 11 is 0. The molecule has 2 rings (SSSR count). The number of nitriles is 1. The molecule has 112 valence electrons. The van der Waals surface area contributed by atoms with Crippen LogP contribution in [0.5, 0.6) is 0 Å². The van der Waals surface area contributed by atoms with E-state index in [2.05, 4.69) is 20.8 Å². The molecule has 22 heavy (non-hydrogen) atoms. The van der Waals surface area contributed by atoms with E-state index in [0.717, 1.165) is 0 Å². The third kappa shape index (κ3) is 2.71. The Balaban J connectivity index is 2.38. The van der Waals surface area contributed by atoms with Gasteiger partial charge in [0.25, 0.3) is 5.91 Å². The lowest BCUT2D eigenvalue weighted by Gasteiger charge is -2.10. The molecule has 1 heterocycles. The first-order valence-electron chi connectivity index (χ1n) is 6.20. The van der Waals surface area contributed by atoms with Crippen LogP contribution >= 0.6 is 0 Å². The number of nitro groups is 1. The second-order valence-electron chi connectivity index (χ2n) is 4.38. The van der Waals surface area contributed by atoms with E-state index in [1.54, 1.807) is 19.2 Å². The van der Waals surface area contributed by atoms with Crippen LogP contribution in [0, 0.1) is 28.4 Å². The number of hydrogen-bond acceptors (Lipinski definition) is 6. The Labute approximate surface area is 125 Å². The van der Waals surface area contributed by atoms with E-state index in [9.17, 15) is 14.9 Å². The highest BCUT2D eigenvalue weighted by Crippen LogP contribution is 2.25. The number of aryl methyl sites for hydroxylation is 1. The lowest BCUT2D eigenvalue weighted by molar-refractivity contribution is -0.385. The number of benzene rings is 1. The van der Waals surface area contributed by atoms with E-state index in [0.29, 0.717) is 16.9 Å². The molecule has 0 bridgehead atoms. The quantitative estimate of drug-likeness (QED) is 0.581. The molecule has 1 aromatic heterocycles. The fourth-order valence-electron chi connectivity index (χ4n) is 1.92. The summed E-state index contributed by atoms with van der Waals surface area (Å²) in [6.07, 6.45) is 0. The molecular weight excluding hydrogens is 288 g/mol. The predicted molar refractivity (Wildman–Crippen MR) is 78.6 cm³/mol. The summed E-state index contributed by atoms with van der Waals surface area (Å²) in [7, 11) is 1.65. The first-order valence-corrected chi connectivity index (χ1v) is 6.20. The highest BCUT2D eigenvalue weighted by molar-refractivity contribution is 6.07. The van der Waals surface area contributed by atoms with Crippen LogP contribution in [0.25, 0.3) is 0 Å². The van der Waals surface area contributed by atoms with Gasteiger partial charge in [0.05, 0.1) is 27.9 Å². The van der Waals surface area contributed by atoms with Crippen molar-refractivity contribution in [1.29, 1.82) is 5.26 Å². The van der Waals surface area contributed by atoms with E-state index >= 15 is 0 Å². The van der Waals surface area contributed by atoms with Crippen LogP contribution in [0.2, 0.25) is 0 Å². The zero-order valence-electron chi connectivity index (χ0n) is 11.8. The predicted octanol–water partition coefficient (Wildman–Crippen LogP) is 1.79. The summed E-state index contributed by atoms with van der Waals surface area (Å²) < 4.78 is 0. The maximum Gasteiger partial charge on any atom is 0.322 e.